The second-order valence-electron chi connectivity index (χ2n) is 5.72. The highest BCUT2D eigenvalue weighted by Crippen LogP contribution is 2.27. The first kappa shape index (κ1) is 16.8. The molecule has 4 heteroatoms. The van der Waals surface area contributed by atoms with Gasteiger partial charge < -0.3 is 19.7 Å². The molecule has 1 unspecified atom stereocenters. The molecule has 20 heavy (non-hydrogen) atoms. The molecular weight excluding hydrogens is 252 g/mol. The number of ether oxygens (including phenoxy) is 2. The van der Waals surface area contributed by atoms with Crippen molar-refractivity contribution < 1.29 is 9.47 Å². The van der Waals surface area contributed by atoms with Crippen LogP contribution in [0.2, 0.25) is 0 Å². The molecule has 1 N–H and O–H groups in total. The van der Waals surface area contributed by atoms with Crippen molar-refractivity contribution in [1.82, 2.24) is 4.90 Å². The van der Waals surface area contributed by atoms with Gasteiger partial charge in [0.05, 0.1) is 25.4 Å². The predicted octanol–water partition coefficient (Wildman–Crippen LogP) is 2.84. The minimum absolute atomic E-state index is 0.267. The van der Waals surface area contributed by atoms with Crippen molar-refractivity contribution in [1.29, 1.82) is 0 Å². The van der Waals surface area contributed by atoms with Crippen molar-refractivity contribution in [3.05, 3.63) is 23.8 Å². The van der Waals surface area contributed by atoms with Crippen molar-refractivity contribution >= 4 is 5.69 Å². The average molecular weight is 280 g/mol. The Hall–Kier alpha value is -1.26. The van der Waals surface area contributed by atoms with Gasteiger partial charge in [0.15, 0.2) is 0 Å². The van der Waals surface area contributed by atoms with Gasteiger partial charge in [0, 0.05) is 13.7 Å². The van der Waals surface area contributed by atoms with Crippen molar-refractivity contribution in [3.63, 3.8) is 0 Å². The summed E-state index contributed by atoms with van der Waals surface area (Å²) < 4.78 is 10.7. The summed E-state index contributed by atoms with van der Waals surface area (Å²) in [6.07, 6.45) is 0. The van der Waals surface area contributed by atoms with E-state index in [2.05, 4.69) is 50.3 Å². The zero-order valence-electron chi connectivity index (χ0n) is 13.6. The fourth-order valence-corrected chi connectivity index (χ4v) is 2.11. The Balaban J connectivity index is 2.94. The van der Waals surface area contributed by atoms with Crippen molar-refractivity contribution in [2.24, 2.45) is 5.92 Å². The molecule has 0 aliphatic rings. The summed E-state index contributed by atoms with van der Waals surface area (Å²) in [5.41, 5.74) is 2.29. The maximum atomic E-state index is 5.45. The third-order valence-electron chi connectivity index (χ3n) is 3.25. The van der Waals surface area contributed by atoms with Crippen LogP contribution in [-0.4, -0.2) is 45.9 Å². The number of nitrogens with zero attached hydrogens (tertiary/aromatic N) is 1. The second-order valence-corrected chi connectivity index (χ2v) is 5.72. The van der Waals surface area contributed by atoms with E-state index in [0.29, 0.717) is 12.5 Å². The van der Waals surface area contributed by atoms with Crippen LogP contribution in [0.15, 0.2) is 18.2 Å². The van der Waals surface area contributed by atoms with Crippen LogP contribution in [0.1, 0.15) is 19.4 Å². The largest absolute Gasteiger partial charge is 0.495 e. The van der Waals surface area contributed by atoms with E-state index in [0.717, 1.165) is 18.0 Å². The lowest BCUT2D eigenvalue weighted by atomic mass is 10.0. The molecule has 1 atom stereocenters. The van der Waals surface area contributed by atoms with E-state index in [9.17, 15) is 0 Å². The molecule has 1 rings (SSSR count). The minimum atomic E-state index is 0.267. The van der Waals surface area contributed by atoms with Crippen molar-refractivity contribution in [2.75, 3.05) is 40.2 Å². The van der Waals surface area contributed by atoms with Gasteiger partial charge in [-0.1, -0.05) is 19.9 Å². The first-order valence-corrected chi connectivity index (χ1v) is 7.05. The molecule has 0 aliphatic heterocycles. The summed E-state index contributed by atoms with van der Waals surface area (Å²) in [6.45, 7) is 5.97. The highest BCUT2D eigenvalue weighted by atomic mass is 16.5. The Kier molecular flexibility index (Phi) is 6.82. The number of methoxy groups -OCH3 is 2. The first-order valence-electron chi connectivity index (χ1n) is 7.05. The summed E-state index contributed by atoms with van der Waals surface area (Å²) in [7, 11) is 7.57. The Labute approximate surface area is 123 Å². The highest BCUT2D eigenvalue weighted by Gasteiger charge is 2.15. The number of hydrogen-bond donors (Lipinski definition) is 1. The molecular formula is C16H28N2O2. The Morgan fingerprint density at radius 1 is 1.20 bits per heavy atom. The Morgan fingerprint density at radius 3 is 2.40 bits per heavy atom. The summed E-state index contributed by atoms with van der Waals surface area (Å²) in [5, 5.41) is 3.54. The molecule has 0 saturated carbocycles. The predicted molar refractivity (Wildman–Crippen MR) is 84.5 cm³/mol. The lowest BCUT2D eigenvalue weighted by Gasteiger charge is -2.24. The van der Waals surface area contributed by atoms with E-state index in [1.165, 1.54) is 5.56 Å². The Bertz CT molecular complexity index is 405. The molecule has 0 radical (unpaired) electrons. The van der Waals surface area contributed by atoms with E-state index in [1.807, 2.05) is 6.07 Å². The van der Waals surface area contributed by atoms with Crippen LogP contribution in [-0.2, 0) is 11.3 Å². The van der Waals surface area contributed by atoms with Crippen LogP contribution in [0, 0.1) is 5.92 Å². The van der Waals surface area contributed by atoms with Crippen LogP contribution in [0.3, 0.4) is 0 Å². The smallest absolute Gasteiger partial charge is 0.141 e. The maximum absolute atomic E-state index is 5.45. The van der Waals surface area contributed by atoms with Crippen LogP contribution in [0.25, 0.3) is 0 Å². The quantitative estimate of drug-likeness (QED) is 0.794. The Morgan fingerprint density at radius 2 is 1.90 bits per heavy atom. The van der Waals surface area contributed by atoms with Gasteiger partial charge >= 0.3 is 0 Å². The molecule has 0 amide bonds. The van der Waals surface area contributed by atoms with Crippen molar-refractivity contribution in [3.8, 4) is 5.75 Å². The minimum Gasteiger partial charge on any atom is -0.495 e. The molecule has 0 saturated heterocycles. The van der Waals surface area contributed by atoms with Gasteiger partial charge in [-0.25, -0.2) is 0 Å². The van der Waals surface area contributed by atoms with Crippen molar-refractivity contribution in [2.45, 2.75) is 26.4 Å². The highest BCUT2D eigenvalue weighted by molar-refractivity contribution is 5.58. The summed E-state index contributed by atoms with van der Waals surface area (Å²) in [5.74, 6) is 1.35. The lowest BCUT2D eigenvalue weighted by molar-refractivity contribution is 0.171. The number of rotatable bonds is 8. The third-order valence-corrected chi connectivity index (χ3v) is 3.25. The molecule has 0 bridgehead atoms. The average Bonchev–Trinajstić information content (AvgIpc) is 2.37. The SMILES string of the molecule is COCC(Nc1cc(CN(C)C)ccc1OC)C(C)C. The van der Waals surface area contributed by atoms with Gasteiger partial charge in [0.1, 0.15) is 5.75 Å². The van der Waals surface area contributed by atoms with Crippen LogP contribution < -0.4 is 10.1 Å². The summed E-state index contributed by atoms with van der Waals surface area (Å²) >= 11 is 0. The lowest BCUT2D eigenvalue weighted by Crippen LogP contribution is -2.30. The van der Waals surface area contributed by atoms with Gasteiger partial charge in [-0.05, 0) is 37.7 Å². The topological polar surface area (TPSA) is 33.7 Å². The van der Waals surface area contributed by atoms with Gasteiger partial charge in [-0.3, -0.25) is 0 Å². The van der Waals surface area contributed by atoms with Gasteiger partial charge in [0.25, 0.3) is 0 Å². The zero-order valence-corrected chi connectivity index (χ0v) is 13.6. The standard InChI is InChI=1S/C16H28N2O2/c1-12(2)15(11-19-5)17-14-9-13(10-18(3)4)7-8-16(14)20-6/h7-9,12,15,17H,10-11H2,1-6H3. The van der Waals surface area contributed by atoms with E-state index in [-0.39, 0.29) is 6.04 Å². The maximum Gasteiger partial charge on any atom is 0.141 e. The number of benzene rings is 1. The number of hydrogen-bond acceptors (Lipinski definition) is 4. The molecule has 114 valence electrons. The molecule has 0 spiro atoms. The van der Waals surface area contributed by atoms with Gasteiger partial charge in [-0.2, -0.15) is 0 Å². The molecule has 0 aliphatic carbocycles. The van der Waals surface area contributed by atoms with E-state index >= 15 is 0 Å². The van der Waals surface area contributed by atoms with E-state index in [4.69, 9.17) is 9.47 Å². The summed E-state index contributed by atoms with van der Waals surface area (Å²) in [6, 6.07) is 6.54. The number of nitrogens with one attached hydrogen (secondary N) is 1. The normalized spacial score (nSPS) is 12.8. The van der Waals surface area contributed by atoms with E-state index < -0.39 is 0 Å². The second kappa shape index (κ2) is 8.12. The fourth-order valence-electron chi connectivity index (χ4n) is 2.11. The van der Waals surface area contributed by atoms with Gasteiger partial charge in [0.2, 0.25) is 0 Å². The fraction of sp³-hybridized carbons (Fsp3) is 0.625. The van der Waals surface area contributed by atoms with Crippen LogP contribution >= 0.6 is 0 Å². The summed E-state index contributed by atoms with van der Waals surface area (Å²) in [4.78, 5) is 2.15. The zero-order chi connectivity index (χ0) is 15.1. The van der Waals surface area contributed by atoms with Crippen LogP contribution in [0.5, 0.6) is 5.75 Å². The molecule has 4 nitrogen and oxygen atoms in total. The first-order chi connectivity index (χ1) is 9.47. The molecule has 0 heterocycles. The van der Waals surface area contributed by atoms with Crippen LogP contribution in [0.4, 0.5) is 5.69 Å². The molecule has 0 fully saturated rings. The van der Waals surface area contributed by atoms with Gasteiger partial charge in [-0.15, -0.1) is 0 Å². The molecule has 1 aromatic carbocycles. The molecule has 0 aromatic heterocycles. The van der Waals surface area contributed by atoms with E-state index in [1.54, 1.807) is 14.2 Å². The monoisotopic (exact) mass is 280 g/mol. The molecule has 1 aromatic rings. The third kappa shape index (κ3) is 5.02. The number of anilines is 1.